The minimum absolute atomic E-state index is 0. The maximum Gasteiger partial charge on any atom is 0.215 e. The lowest BCUT2D eigenvalue weighted by molar-refractivity contribution is 0.443. The molecule has 144 valence electrons. The van der Waals surface area contributed by atoms with E-state index in [-0.39, 0.29) is 29.7 Å². The topological polar surface area (TPSA) is 86.7 Å². The van der Waals surface area contributed by atoms with Crippen molar-refractivity contribution < 1.29 is 8.42 Å². The molecule has 0 bridgehead atoms. The molecule has 1 aromatic rings. The molecule has 2 heterocycles. The van der Waals surface area contributed by atoms with Crippen LogP contribution in [0.5, 0.6) is 0 Å². The number of thioether (sulfide) groups is 1. The van der Waals surface area contributed by atoms with Crippen molar-refractivity contribution in [3.63, 3.8) is 0 Å². The van der Waals surface area contributed by atoms with Gasteiger partial charge in [-0.2, -0.15) is 11.8 Å². The smallest absolute Gasteiger partial charge is 0.215 e. The molecule has 1 fully saturated rings. The molecule has 2 N–H and O–H groups in total. The van der Waals surface area contributed by atoms with Crippen LogP contribution in [0.4, 0.5) is 0 Å². The summed E-state index contributed by atoms with van der Waals surface area (Å²) in [6.07, 6.45) is 0. The second-order valence-corrected chi connectivity index (χ2v) is 10.0. The van der Waals surface area contributed by atoms with Gasteiger partial charge in [0.15, 0.2) is 5.96 Å². The quantitative estimate of drug-likeness (QED) is 0.336. The van der Waals surface area contributed by atoms with Crippen LogP contribution in [0.25, 0.3) is 0 Å². The van der Waals surface area contributed by atoms with Crippen molar-refractivity contribution in [3.8, 4) is 0 Å². The van der Waals surface area contributed by atoms with Crippen LogP contribution in [0, 0.1) is 13.8 Å². The predicted molar refractivity (Wildman–Crippen MR) is 118 cm³/mol. The number of hydrogen-bond acceptors (Lipinski definition) is 6. The van der Waals surface area contributed by atoms with Crippen molar-refractivity contribution in [2.24, 2.45) is 4.99 Å². The maximum absolute atomic E-state index is 12.3. The molecule has 7 nitrogen and oxygen atoms in total. The zero-order chi connectivity index (χ0) is 17.6. The highest BCUT2D eigenvalue weighted by Gasteiger charge is 2.23. The lowest BCUT2D eigenvalue weighted by atomic mass is 10.4. The second-order valence-electron chi connectivity index (χ2n) is 5.42. The first-order valence-electron chi connectivity index (χ1n) is 7.85. The van der Waals surface area contributed by atoms with Gasteiger partial charge in [0, 0.05) is 43.1 Å². The Morgan fingerprint density at radius 2 is 1.96 bits per heavy atom. The van der Waals surface area contributed by atoms with E-state index in [1.165, 1.54) is 0 Å². The summed E-state index contributed by atoms with van der Waals surface area (Å²) in [4.78, 5) is 9.69. The highest BCUT2D eigenvalue weighted by atomic mass is 127. The fraction of sp³-hybridized carbons (Fsp3) is 0.714. The molecular weight excluding hydrogens is 493 g/mol. The van der Waals surface area contributed by atoms with Crippen LogP contribution in [-0.4, -0.2) is 67.6 Å². The molecule has 0 unspecified atom stereocenters. The highest BCUT2D eigenvalue weighted by molar-refractivity contribution is 14.0. The highest BCUT2D eigenvalue weighted by Crippen LogP contribution is 2.16. The van der Waals surface area contributed by atoms with Gasteiger partial charge >= 0.3 is 0 Å². The van der Waals surface area contributed by atoms with Crippen molar-refractivity contribution in [1.82, 2.24) is 19.9 Å². The van der Waals surface area contributed by atoms with E-state index in [4.69, 9.17) is 0 Å². The van der Waals surface area contributed by atoms with E-state index in [1.54, 1.807) is 34.5 Å². The molecule has 0 spiro atoms. The van der Waals surface area contributed by atoms with Crippen LogP contribution in [0.2, 0.25) is 0 Å². The number of aryl methyl sites for hydroxylation is 2. The van der Waals surface area contributed by atoms with Crippen LogP contribution in [-0.2, 0) is 16.6 Å². The number of guanidine groups is 1. The second kappa shape index (κ2) is 10.9. The van der Waals surface area contributed by atoms with Crippen LogP contribution in [0.1, 0.15) is 15.6 Å². The van der Waals surface area contributed by atoms with Gasteiger partial charge in [0.2, 0.25) is 10.0 Å². The fourth-order valence-electron chi connectivity index (χ4n) is 2.37. The van der Waals surface area contributed by atoms with Crippen molar-refractivity contribution in [1.29, 1.82) is 0 Å². The summed E-state index contributed by atoms with van der Waals surface area (Å²) in [5.41, 5.74) is 1.02. The number of aromatic nitrogens is 1. The molecule has 1 aromatic heterocycles. The number of nitrogens with one attached hydrogen (secondary N) is 2. The van der Waals surface area contributed by atoms with Crippen LogP contribution >= 0.6 is 47.1 Å². The van der Waals surface area contributed by atoms with Gasteiger partial charge in [-0.05, 0) is 13.8 Å². The lowest BCUT2D eigenvalue weighted by Gasteiger charge is -2.25. The van der Waals surface area contributed by atoms with Crippen molar-refractivity contribution in [3.05, 3.63) is 15.6 Å². The number of halogens is 1. The molecule has 0 radical (unpaired) electrons. The average Bonchev–Trinajstić information content (AvgIpc) is 2.89. The average molecular weight is 520 g/mol. The van der Waals surface area contributed by atoms with E-state index in [1.807, 2.05) is 13.8 Å². The Hall–Kier alpha value is -0.110. The van der Waals surface area contributed by atoms with E-state index in [0.717, 1.165) is 27.1 Å². The molecule has 1 saturated heterocycles. The Labute approximate surface area is 175 Å². The summed E-state index contributed by atoms with van der Waals surface area (Å²) in [6.45, 7) is 6.17. The minimum atomic E-state index is -3.19. The van der Waals surface area contributed by atoms with E-state index in [9.17, 15) is 8.42 Å². The molecule has 1 aliphatic heterocycles. The standard InChI is InChI=1S/C14H25N5O2S3.HI/c1-11-13(23-12(2)18-11)10-17-14(15-3)16-4-9-24(20,21)19-5-7-22-8-6-19;/h4-10H2,1-3H3,(H2,15,16,17);1H. The maximum atomic E-state index is 12.3. The molecule has 0 saturated carbocycles. The number of nitrogens with zero attached hydrogens (tertiary/aromatic N) is 3. The zero-order valence-electron chi connectivity index (χ0n) is 14.7. The Bertz CT molecular complexity index is 672. The molecule has 0 atom stereocenters. The van der Waals surface area contributed by atoms with Gasteiger partial charge in [-0.25, -0.2) is 17.7 Å². The zero-order valence-corrected chi connectivity index (χ0v) is 19.5. The van der Waals surface area contributed by atoms with Gasteiger partial charge in [-0.1, -0.05) is 0 Å². The molecule has 25 heavy (non-hydrogen) atoms. The predicted octanol–water partition coefficient (Wildman–Crippen LogP) is 1.42. The largest absolute Gasteiger partial charge is 0.355 e. The van der Waals surface area contributed by atoms with Crippen molar-refractivity contribution >= 4 is 63.1 Å². The summed E-state index contributed by atoms with van der Waals surface area (Å²) in [6, 6.07) is 0. The van der Waals surface area contributed by atoms with Gasteiger partial charge in [0.25, 0.3) is 0 Å². The summed E-state index contributed by atoms with van der Waals surface area (Å²) in [5.74, 6) is 2.44. The molecule has 11 heteroatoms. The monoisotopic (exact) mass is 519 g/mol. The van der Waals surface area contributed by atoms with Gasteiger partial charge in [-0.15, -0.1) is 35.3 Å². The molecule has 0 amide bonds. The Morgan fingerprint density at radius 3 is 2.52 bits per heavy atom. The minimum Gasteiger partial charge on any atom is -0.355 e. The third kappa shape index (κ3) is 7.19. The van der Waals surface area contributed by atoms with Crippen molar-refractivity contribution in [2.45, 2.75) is 20.4 Å². The summed E-state index contributed by atoms with van der Waals surface area (Å²) in [5, 5.41) is 7.32. The van der Waals surface area contributed by atoms with Gasteiger partial charge in [-0.3, -0.25) is 4.99 Å². The first kappa shape index (κ1) is 22.9. The number of thiazole rings is 1. The summed E-state index contributed by atoms with van der Waals surface area (Å²) in [7, 11) is -1.51. The van der Waals surface area contributed by atoms with E-state index >= 15 is 0 Å². The number of aliphatic imine (C=N–C) groups is 1. The number of hydrogen-bond donors (Lipinski definition) is 2. The molecule has 0 aromatic carbocycles. The van der Waals surface area contributed by atoms with Gasteiger partial charge in [0.1, 0.15) is 0 Å². The van der Waals surface area contributed by atoms with Gasteiger partial charge in [0.05, 0.1) is 23.0 Å². The lowest BCUT2D eigenvalue weighted by Crippen LogP contribution is -2.44. The van der Waals surface area contributed by atoms with Crippen molar-refractivity contribution in [2.75, 3.05) is 43.9 Å². The third-order valence-electron chi connectivity index (χ3n) is 3.66. The molecule has 2 rings (SSSR count). The third-order valence-corrected chi connectivity index (χ3v) is 7.54. The Morgan fingerprint density at radius 1 is 1.28 bits per heavy atom. The van der Waals surface area contributed by atoms with E-state index < -0.39 is 10.0 Å². The first-order chi connectivity index (χ1) is 11.4. The molecule has 0 aliphatic carbocycles. The molecule has 1 aliphatic rings. The number of sulfonamides is 1. The summed E-state index contributed by atoms with van der Waals surface area (Å²) < 4.78 is 26.2. The fourth-order valence-corrected chi connectivity index (χ4v) is 5.74. The number of rotatable bonds is 6. The van der Waals surface area contributed by atoms with Crippen LogP contribution in [0.15, 0.2) is 4.99 Å². The van der Waals surface area contributed by atoms with E-state index in [0.29, 0.717) is 32.1 Å². The van der Waals surface area contributed by atoms with E-state index in [2.05, 4.69) is 20.6 Å². The SMILES string of the molecule is CN=C(NCCS(=O)(=O)N1CCSCC1)NCc1sc(C)nc1C.I. The Kier molecular flexibility index (Phi) is 10.00. The normalized spacial score (nSPS) is 16.4. The van der Waals surface area contributed by atoms with Gasteiger partial charge < -0.3 is 10.6 Å². The molecular formula is C14H26IN5O2S3. The van der Waals surface area contributed by atoms with Crippen LogP contribution in [0.3, 0.4) is 0 Å². The Balaban J connectivity index is 0.00000312. The van der Waals surface area contributed by atoms with Crippen LogP contribution < -0.4 is 10.6 Å². The summed E-state index contributed by atoms with van der Waals surface area (Å²) >= 11 is 3.45. The first-order valence-corrected chi connectivity index (χ1v) is 11.4.